The Labute approximate surface area is 90.6 Å². The molecular formula is C9H19N3OS. The normalized spacial score (nSPS) is 13.2. The van der Waals surface area contributed by atoms with E-state index in [0.29, 0.717) is 11.5 Å². The van der Waals surface area contributed by atoms with E-state index in [4.69, 9.17) is 23.7 Å². The topological polar surface area (TPSA) is 72.3 Å². The second-order valence-electron chi connectivity index (χ2n) is 3.79. The van der Waals surface area contributed by atoms with Gasteiger partial charge in [-0.05, 0) is 13.8 Å². The quantitative estimate of drug-likeness (QED) is 0.619. The number of hydrogen-bond acceptors (Lipinski definition) is 3. The highest BCUT2D eigenvalue weighted by atomic mass is 32.1. The first-order valence-electron chi connectivity index (χ1n) is 4.66. The standard InChI is InChI=1S/C9H19N3OS/c1-6(2)12(5-8(10)13)4-7(3)9(11)14/h6-7H,4-5H2,1-3H3,(H2,10,13)(H2,11,14). The van der Waals surface area contributed by atoms with Crippen molar-refractivity contribution in [3.63, 3.8) is 0 Å². The molecule has 4 N–H and O–H groups in total. The number of amides is 1. The molecule has 82 valence electrons. The Kier molecular flexibility index (Phi) is 5.64. The highest BCUT2D eigenvalue weighted by Crippen LogP contribution is 2.04. The van der Waals surface area contributed by atoms with Crippen LogP contribution in [0.5, 0.6) is 0 Å². The fourth-order valence-electron chi connectivity index (χ4n) is 1.10. The number of carbonyl (C=O) groups excluding carboxylic acids is 1. The molecule has 1 amide bonds. The average Bonchev–Trinajstić information content (AvgIpc) is 2.01. The predicted molar refractivity (Wildman–Crippen MR) is 61.9 cm³/mol. The Balaban J connectivity index is 4.22. The van der Waals surface area contributed by atoms with Crippen LogP contribution in [-0.2, 0) is 4.79 Å². The first-order valence-corrected chi connectivity index (χ1v) is 5.07. The van der Waals surface area contributed by atoms with Gasteiger partial charge in [0.25, 0.3) is 0 Å². The van der Waals surface area contributed by atoms with E-state index in [-0.39, 0.29) is 24.4 Å². The summed E-state index contributed by atoms with van der Waals surface area (Å²) in [6.45, 7) is 6.89. The fraction of sp³-hybridized carbons (Fsp3) is 0.778. The number of nitrogens with two attached hydrogens (primary N) is 2. The van der Waals surface area contributed by atoms with Gasteiger partial charge in [-0.1, -0.05) is 19.1 Å². The molecule has 0 aromatic rings. The maximum absolute atomic E-state index is 10.8. The largest absolute Gasteiger partial charge is 0.393 e. The van der Waals surface area contributed by atoms with Crippen LogP contribution in [0.25, 0.3) is 0 Å². The van der Waals surface area contributed by atoms with E-state index in [0.717, 1.165) is 0 Å². The van der Waals surface area contributed by atoms with Crippen molar-refractivity contribution in [2.75, 3.05) is 13.1 Å². The van der Waals surface area contributed by atoms with Crippen LogP contribution in [0.1, 0.15) is 20.8 Å². The van der Waals surface area contributed by atoms with Crippen molar-refractivity contribution in [1.82, 2.24) is 4.90 Å². The minimum absolute atomic E-state index is 0.103. The molecule has 0 rings (SSSR count). The van der Waals surface area contributed by atoms with Crippen molar-refractivity contribution in [2.24, 2.45) is 17.4 Å². The van der Waals surface area contributed by atoms with Crippen LogP contribution in [0.3, 0.4) is 0 Å². The van der Waals surface area contributed by atoms with Gasteiger partial charge in [-0.3, -0.25) is 9.69 Å². The lowest BCUT2D eigenvalue weighted by molar-refractivity contribution is -0.119. The summed E-state index contributed by atoms with van der Waals surface area (Å²) in [4.78, 5) is 13.2. The van der Waals surface area contributed by atoms with Crippen molar-refractivity contribution < 1.29 is 4.79 Å². The summed E-state index contributed by atoms with van der Waals surface area (Å²) in [5.41, 5.74) is 10.6. The van der Waals surface area contributed by atoms with E-state index in [2.05, 4.69) is 0 Å². The van der Waals surface area contributed by atoms with Gasteiger partial charge in [0.2, 0.25) is 5.91 Å². The third-order valence-corrected chi connectivity index (χ3v) is 2.49. The number of thiocarbonyl (C=S) groups is 1. The summed E-state index contributed by atoms with van der Waals surface area (Å²) in [5.74, 6) is -0.222. The minimum Gasteiger partial charge on any atom is -0.393 e. The number of primary amides is 1. The van der Waals surface area contributed by atoms with Gasteiger partial charge in [0.05, 0.1) is 11.5 Å². The zero-order chi connectivity index (χ0) is 11.3. The zero-order valence-corrected chi connectivity index (χ0v) is 9.80. The van der Waals surface area contributed by atoms with Gasteiger partial charge in [-0.2, -0.15) is 0 Å². The molecule has 5 heteroatoms. The highest BCUT2D eigenvalue weighted by Gasteiger charge is 2.16. The van der Waals surface area contributed by atoms with Gasteiger partial charge in [0.15, 0.2) is 0 Å². The molecule has 0 fully saturated rings. The summed E-state index contributed by atoms with van der Waals surface area (Å²) < 4.78 is 0. The second kappa shape index (κ2) is 5.93. The predicted octanol–water partition coefficient (Wildman–Crippen LogP) is 0.104. The molecule has 0 aliphatic rings. The molecule has 0 bridgehead atoms. The SMILES string of the molecule is CC(CN(CC(N)=O)C(C)C)C(N)=S. The Bertz CT molecular complexity index is 218. The molecule has 0 radical (unpaired) electrons. The lowest BCUT2D eigenvalue weighted by Gasteiger charge is -2.27. The van der Waals surface area contributed by atoms with Crippen LogP contribution >= 0.6 is 12.2 Å². The van der Waals surface area contributed by atoms with Crippen molar-refractivity contribution in [3.8, 4) is 0 Å². The molecule has 0 aromatic carbocycles. The lowest BCUT2D eigenvalue weighted by Crippen LogP contribution is -2.43. The third kappa shape index (κ3) is 5.14. The summed E-state index contributed by atoms with van der Waals surface area (Å²) >= 11 is 4.87. The first-order chi connectivity index (χ1) is 6.34. The van der Waals surface area contributed by atoms with Crippen LogP contribution < -0.4 is 11.5 Å². The van der Waals surface area contributed by atoms with E-state index in [1.807, 2.05) is 25.7 Å². The molecule has 0 aliphatic carbocycles. The Morgan fingerprint density at radius 2 is 1.86 bits per heavy atom. The number of rotatable bonds is 6. The fourth-order valence-corrected chi connectivity index (χ4v) is 1.17. The second-order valence-corrected chi connectivity index (χ2v) is 4.26. The maximum atomic E-state index is 10.8. The van der Waals surface area contributed by atoms with Crippen LogP contribution in [0.2, 0.25) is 0 Å². The van der Waals surface area contributed by atoms with E-state index < -0.39 is 0 Å². The van der Waals surface area contributed by atoms with Crippen molar-refractivity contribution >= 4 is 23.1 Å². The van der Waals surface area contributed by atoms with Gasteiger partial charge < -0.3 is 11.5 Å². The lowest BCUT2D eigenvalue weighted by atomic mass is 10.1. The molecular weight excluding hydrogens is 198 g/mol. The molecule has 0 saturated heterocycles. The average molecular weight is 217 g/mol. The third-order valence-electron chi connectivity index (χ3n) is 2.08. The molecule has 1 unspecified atom stereocenters. The molecule has 4 nitrogen and oxygen atoms in total. The Morgan fingerprint density at radius 1 is 1.36 bits per heavy atom. The van der Waals surface area contributed by atoms with Crippen molar-refractivity contribution in [2.45, 2.75) is 26.8 Å². The number of nitrogens with zero attached hydrogens (tertiary/aromatic N) is 1. The Hall–Kier alpha value is -0.680. The van der Waals surface area contributed by atoms with Crippen LogP contribution in [0.15, 0.2) is 0 Å². The Morgan fingerprint density at radius 3 is 2.14 bits per heavy atom. The van der Waals surface area contributed by atoms with E-state index in [9.17, 15) is 4.79 Å². The van der Waals surface area contributed by atoms with Crippen molar-refractivity contribution in [3.05, 3.63) is 0 Å². The number of hydrogen-bond donors (Lipinski definition) is 2. The van der Waals surface area contributed by atoms with E-state index >= 15 is 0 Å². The van der Waals surface area contributed by atoms with Gasteiger partial charge in [0.1, 0.15) is 0 Å². The first kappa shape index (κ1) is 13.3. The van der Waals surface area contributed by atoms with E-state index in [1.165, 1.54) is 0 Å². The van der Waals surface area contributed by atoms with E-state index in [1.54, 1.807) is 0 Å². The van der Waals surface area contributed by atoms with Gasteiger partial charge in [-0.15, -0.1) is 0 Å². The molecule has 0 saturated carbocycles. The zero-order valence-electron chi connectivity index (χ0n) is 8.99. The summed E-state index contributed by atoms with van der Waals surface area (Å²) in [6.07, 6.45) is 0. The van der Waals surface area contributed by atoms with Crippen LogP contribution in [0, 0.1) is 5.92 Å². The molecule has 0 heterocycles. The van der Waals surface area contributed by atoms with Gasteiger partial charge >= 0.3 is 0 Å². The number of carbonyl (C=O) groups is 1. The molecule has 1 atom stereocenters. The molecule has 0 aliphatic heterocycles. The molecule has 0 spiro atoms. The van der Waals surface area contributed by atoms with Gasteiger partial charge in [-0.25, -0.2) is 0 Å². The summed E-state index contributed by atoms with van der Waals surface area (Å²) in [6, 6.07) is 0.263. The van der Waals surface area contributed by atoms with Gasteiger partial charge in [0, 0.05) is 18.5 Å². The monoisotopic (exact) mass is 217 g/mol. The summed E-state index contributed by atoms with van der Waals surface area (Å²) in [5, 5.41) is 0. The summed E-state index contributed by atoms with van der Waals surface area (Å²) in [7, 11) is 0. The minimum atomic E-state index is -0.325. The van der Waals surface area contributed by atoms with Crippen molar-refractivity contribution in [1.29, 1.82) is 0 Å². The maximum Gasteiger partial charge on any atom is 0.231 e. The smallest absolute Gasteiger partial charge is 0.231 e. The van der Waals surface area contributed by atoms with Crippen LogP contribution in [-0.4, -0.2) is 34.9 Å². The van der Waals surface area contributed by atoms with Crippen LogP contribution in [0.4, 0.5) is 0 Å². The molecule has 0 aromatic heterocycles. The molecule has 14 heavy (non-hydrogen) atoms. The highest BCUT2D eigenvalue weighted by molar-refractivity contribution is 7.80.